The fraction of sp³-hybridized carbons (Fsp3) is 0.667. The Hall–Kier alpha value is -1.20. The molecule has 1 aromatic carbocycles. The highest BCUT2D eigenvalue weighted by Gasteiger charge is 2.57. The molecule has 6 fully saturated rings. The van der Waals surface area contributed by atoms with Gasteiger partial charge in [0.15, 0.2) is 0 Å². The summed E-state index contributed by atoms with van der Waals surface area (Å²) in [7, 11) is 0. The highest BCUT2D eigenvalue weighted by Crippen LogP contribution is 2.61. The van der Waals surface area contributed by atoms with E-state index in [1.807, 2.05) is 29.2 Å². The van der Waals surface area contributed by atoms with Gasteiger partial charge in [0.2, 0.25) is 11.8 Å². The number of benzene rings is 1. The summed E-state index contributed by atoms with van der Waals surface area (Å²) in [6.45, 7) is 1.54. The Kier molecular flexibility index (Phi) is 4.48. The van der Waals surface area contributed by atoms with Gasteiger partial charge in [-0.1, -0.05) is 11.6 Å². The molecule has 160 valence electrons. The Bertz CT molecular complexity index is 842. The van der Waals surface area contributed by atoms with Crippen LogP contribution in [0.25, 0.3) is 0 Å². The van der Waals surface area contributed by atoms with Crippen LogP contribution in [0.4, 0.5) is 5.69 Å². The Morgan fingerprint density at radius 2 is 1.53 bits per heavy atom. The number of nitrogens with zero attached hydrogens (tertiary/aromatic N) is 2. The fourth-order valence-corrected chi connectivity index (χ4v) is 9.11. The first-order valence-corrected chi connectivity index (χ1v) is 12.8. The van der Waals surface area contributed by atoms with Gasteiger partial charge in [-0.25, -0.2) is 0 Å². The number of hydrogen-bond acceptors (Lipinski definition) is 3. The molecular weight excluding hydrogens is 416 g/mol. The van der Waals surface area contributed by atoms with Crippen molar-refractivity contribution in [2.45, 2.75) is 56.2 Å². The van der Waals surface area contributed by atoms with Crippen molar-refractivity contribution in [1.82, 2.24) is 4.90 Å². The van der Waals surface area contributed by atoms with Crippen LogP contribution in [-0.2, 0) is 9.59 Å². The minimum absolute atomic E-state index is 0.0617. The zero-order valence-corrected chi connectivity index (χ0v) is 18.9. The van der Waals surface area contributed by atoms with Crippen molar-refractivity contribution in [3.63, 3.8) is 0 Å². The molecule has 2 saturated heterocycles. The molecule has 7 rings (SSSR count). The monoisotopic (exact) mass is 444 g/mol. The molecule has 30 heavy (non-hydrogen) atoms. The lowest BCUT2D eigenvalue weighted by Gasteiger charge is -2.57. The number of thioether (sulfide) groups is 1. The van der Waals surface area contributed by atoms with E-state index in [9.17, 15) is 9.59 Å². The lowest BCUT2D eigenvalue weighted by molar-refractivity contribution is -0.158. The molecule has 0 N–H and O–H groups in total. The van der Waals surface area contributed by atoms with E-state index >= 15 is 0 Å². The minimum atomic E-state index is -0.219. The van der Waals surface area contributed by atoms with Crippen molar-refractivity contribution in [2.24, 2.45) is 23.2 Å². The number of amides is 2. The number of carbonyl (C=O) groups is 2. The Labute approximate surface area is 187 Å². The Morgan fingerprint density at radius 3 is 2.10 bits per heavy atom. The molecular formula is C24H29ClN2O2S. The number of rotatable bonds is 2. The van der Waals surface area contributed by atoms with Gasteiger partial charge in [-0.2, -0.15) is 0 Å². The quantitative estimate of drug-likeness (QED) is 0.647. The van der Waals surface area contributed by atoms with Gasteiger partial charge in [0.05, 0.1) is 16.0 Å². The summed E-state index contributed by atoms with van der Waals surface area (Å²) in [6, 6.07) is 7.60. The van der Waals surface area contributed by atoms with Crippen LogP contribution < -0.4 is 4.90 Å². The van der Waals surface area contributed by atoms with Gasteiger partial charge in [0.25, 0.3) is 0 Å². The van der Waals surface area contributed by atoms with Gasteiger partial charge >= 0.3 is 0 Å². The smallest absolute Gasteiger partial charge is 0.238 e. The molecule has 4 aliphatic carbocycles. The minimum Gasteiger partial charge on any atom is -0.342 e. The molecule has 4 saturated carbocycles. The molecule has 0 radical (unpaired) electrons. The topological polar surface area (TPSA) is 40.6 Å². The van der Waals surface area contributed by atoms with E-state index in [0.29, 0.717) is 16.7 Å². The van der Waals surface area contributed by atoms with Gasteiger partial charge in [-0.3, -0.25) is 14.5 Å². The SMILES string of the molecule is O=C1CSC2(CCN(C(=O)C34CC5CC(CC(C5)C3)C4)CC2)N1c1ccc(Cl)cc1. The van der Waals surface area contributed by atoms with E-state index in [4.69, 9.17) is 11.6 Å². The molecule has 0 atom stereocenters. The van der Waals surface area contributed by atoms with Crippen molar-refractivity contribution < 1.29 is 9.59 Å². The Balaban J connectivity index is 1.20. The number of carbonyl (C=O) groups excluding carboxylic acids is 2. The average Bonchev–Trinajstić information content (AvgIpc) is 3.03. The number of halogens is 1. The lowest BCUT2D eigenvalue weighted by atomic mass is 9.49. The molecule has 4 nitrogen and oxygen atoms in total. The fourth-order valence-electron chi connectivity index (χ4n) is 7.66. The molecule has 1 spiro atoms. The Morgan fingerprint density at radius 1 is 0.967 bits per heavy atom. The number of piperidine rings is 1. The second kappa shape index (κ2) is 6.90. The highest BCUT2D eigenvalue weighted by atomic mass is 35.5. The standard InChI is InChI=1S/C24H29ClN2O2S/c25-19-1-3-20(4-2-19)27-21(28)15-30-24(27)5-7-26(8-6-24)22(29)23-12-16-9-17(13-23)11-18(10-16)14-23/h1-4,16-18H,5-15H2. The molecule has 2 heterocycles. The van der Waals surface area contributed by atoms with Gasteiger partial charge in [0, 0.05) is 23.8 Å². The summed E-state index contributed by atoms with van der Waals surface area (Å²) in [4.78, 5) is 30.4. The molecule has 0 aromatic heterocycles. The van der Waals surface area contributed by atoms with Crippen LogP contribution in [0.2, 0.25) is 5.02 Å². The largest absolute Gasteiger partial charge is 0.342 e. The van der Waals surface area contributed by atoms with Crippen LogP contribution in [0.3, 0.4) is 0 Å². The van der Waals surface area contributed by atoms with Gasteiger partial charge in [-0.15, -0.1) is 11.8 Å². The summed E-state index contributed by atoms with van der Waals surface area (Å²) in [5, 5.41) is 0.683. The van der Waals surface area contributed by atoms with Crippen molar-refractivity contribution in [2.75, 3.05) is 23.7 Å². The lowest BCUT2D eigenvalue weighted by Crippen LogP contribution is -2.58. The molecule has 2 amide bonds. The van der Waals surface area contributed by atoms with Gasteiger partial charge in [0.1, 0.15) is 0 Å². The van der Waals surface area contributed by atoms with E-state index < -0.39 is 0 Å². The summed E-state index contributed by atoms with van der Waals surface area (Å²) in [5.74, 6) is 3.50. The van der Waals surface area contributed by atoms with Crippen LogP contribution >= 0.6 is 23.4 Å². The third-order valence-electron chi connectivity index (χ3n) is 8.53. The highest BCUT2D eigenvalue weighted by molar-refractivity contribution is 8.02. The van der Waals surface area contributed by atoms with E-state index in [0.717, 1.165) is 68.6 Å². The zero-order valence-electron chi connectivity index (χ0n) is 17.3. The van der Waals surface area contributed by atoms with Gasteiger partial charge < -0.3 is 4.90 Å². The maximum absolute atomic E-state index is 13.7. The van der Waals surface area contributed by atoms with Crippen LogP contribution in [0.1, 0.15) is 51.4 Å². The predicted octanol–water partition coefficient (Wildman–Crippen LogP) is 4.95. The van der Waals surface area contributed by atoms with Crippen molar-refractivity contribution >= 4 is 40.9 Å². The summed E-state index contributed by atoms with van der Waals surface area (Å²) >= 11 is 7.82. The van der Waals surface area contributed by atoms with Crippen LogP contribution in [-0.4, -0.2) is 40.4 Å². The summed E-state index contributed by atoms with van der Waals surface area (Å²) in [6.07, 6.45) is 9.18. The molecule has 1 aromatic rings. The third-order valence-corrected chi connectivity index (χ3v) is 10.3. The maximum Gasteiger partial charge on any atom is 0.238 e. The van der Waals surface area contributed by atoms with Crippen molar-refractivity contribution in [1.29, 1.82) is 0 Å². The number of anilines is 1. The van der Waals surface area contributed by atoms with E-state index in [1.165, 1.54) is 19.3 Å². The van der Waals surface area contributed by atoms with Crippen LogP contribution in [0, 0.1) is 23.2 Å². The predicted molar refractivity (Wildman–Crippen MR) is 121 cm³/mol. The number of hydrogen-bond donors (Lipinski definition) is 0. The van der Waals surface area contributed by atoms with Crippen LogP contribution in [0.15, 0.2) is 24.3 Å². The van der Waals surface area contributed by atoms with Crippen molar-refractivity contribution in [3.05, 3.63) is 29.3 Å². The molecule has 6 heteroatoms. The molecule has 2 aliphatic heterocycles. The average molecular weight is 445 g/mol. The first-order valence-electron chi connectivity index (χ1n) is 11.5. The van der Waals surface area contributed by atoms with Gasteiger partial charge in [-0.05, 0) is 93.4 Å². The maximum atomic E-state index is 13.7. The first kappa shape index (κ1) is 19.5. The van der Waals surface area contributed by atoms with E-state index in [-0.39, 0.29) is 16.2 Å². The van der Waals surface area contributed by atoms with E-state index in [1.54, 1.807) is 11.8 Å². The van der Waals surface area contributed by atoms with Crippen molar-refractivity contribution in [3.8, 4) is 0 Å². The van der Waals surface area contributed by atoms with Crippen LogP contribution in [0.5, 0.6) is 0 Å². The molecule has 6 aliphatic rings. The first-order chi connectivity index (χ1) is 14.5. The zero-order chi connectivity index (χ0) is 20.5. The second-order valence-corrected chi connectivity index (χ2v) is 12.2. The summed E-state index contributed by atoms with van der Waals surface area (Å²) < 4.78 is 0. The van der Waals surface area contributed by atoms with E-state index in [2.05, 4.69) is 4.90 Å². The third kappa shape index (κ3) is 2.95. The molecule has 4 bridgehead atoms. The molecule has 0 unspecified atom stereocenters. The number of likely N-dealkylation sites (tertiary alicyclic amines) is 1. The normalized spacial score (nSPS) is 36.7. The second-order valence-electron chi connectivity index (χ2n) is 10.4. The summed E-state index contributed by atoms with van der Waals surface area (Å²) in [5.41, 5.74) is 0.864.